The highest BCUT2D eigenvalue weighted by Crippen LogP contribution is 2.37. The molecule has 0 bridgehead atoms. The average molecular weight is 479 g/mol. The SMILES string of the molecule is COc1ccc(-c2sc(NC(=O)C3CCCC3)nc2C)cc1S(=O)(=O)NC1CCNCC1. The van der Waals surface area contributed by atoms with Gasteiger partial charge in [0.05, 0.1) is 17.7 Å². The Morgan fingerprint density at radius 3 is 2.59 bits per heavy atom. The van der Waals surface area contributed by atoms with Crippen molar-refractivity contribution in [1.29, 1.82) is 0 Å². The first-order valence-electron chi connectivity index (χ1n) is 11.1. The Hall–Kier alpha value is -2.01. The van der Waals surface area contributed by atoms with E-state index >= 15 is 0 Å². The van der Waals surface area contributed by atoms with Gasteiger partial charge in [0.2, 0.25) is 15.9 Å². The monoisotopic (exact) mass is 478 g/mol. The van der Waals surface area contributed by atoms with Gasteiger partial charge in [-0.3, -0.25) is 4.79 Å². The molecule has 10 heteroatoms. The fourth-order valence-electron chi connectivity index (χ4n) is 4.36. The number of aryl methyl sites for hydroxylation is 1. The first kappa shape index (κ1) is 23.2. The summed E-state index contributed by atoms with van der Waals surface area (Å²) in [6, 6.07) is 5.02. The summed E-state index contributed by atoms with van der Waals surface area (Å²) in [7, 11) is -2.29. The summed E-state index contributed by atoms with van der Waals surface area (Å²) < 4.78 is 34.5. The molecular weight excluding hydrogens is 448 g/mol. The van der Waals surface area contributed by atoms with Gasteiger partial charge in [0.25, 0.3) is 0 Å². The number of sulfonamides is 1. The number of benzene rings is 1. The molecule has 2 fully saturated rings. The fourth-order valence-corrected chi connectivity index (χ4v) is 6.83. The van der Waals surface area contributed by atoms with Crippen molar-refractivity contribution in [2.45, 2.75) is 56.4 Å². The quantitative estimate of drug-likeness (QED) is 0.563. The maximum absolute atomic E-state index is 13.2. The van der Waals surface area contributed by atoms with Gasteiger partial charge in [-0.25, -0.2) is 18.1 Å². The van der Waals surface area contributed by atoms with E-state index in [0.717, 1.165) is 67.7 Å². The number of carbonyl (C=O) groups is 1. The molecule has 1 aromatic carbocycles. The van der Waals surface area contributed by atoms with Crippen LogP contribution in [0.1, 0.15) is 44.2 Å². The molecule has 0 unspecified atom stereocenters. The number of carbonyl (C=O) groups excluding carboxylic acids is 1. The predicted octanol–water partition coefficient (Wildman–Crippen LogP) is 3.29. The summed E-state index contributed by atoms with van der Waals surface area (Å²) in [5, 5.41) is 6.73. The molecule has 1 saturated heterocycles. The Labute approximate surface area is 193 Å². The van der Waals surface area contributed by atoms with Crippen molar-refractivity contribution in [2.24, 2.45) is 5.92 Å². The van der Waals surface area contributed by atoms with E-state index in [1.165, 1.54) is 18.4 Å². The molecule has 0 spiro atoms. The van der Waals surface area contributed by atoms with Crippen LogP contribution in [0.15, 0.2) is 23.1 Å². The van der Waals surface area contributed by atoms with E-state index in [9.17, 15) is 13.2 Å². The van der Waals surface area contributed by atoms with Gasteiger partial charge in [0.15, 0.2) is 5.13 Å². The van der Waals surface area contributed by atoms with Gasteiger partial charge >= 0.3 is 0 Å². The van der Waals surface area contributed by atoms with Crippen molar-refractivity contribution in [3.63, 3.8) is 0 Å². The molecular formula is C22H30N4O4S2. The predicted molar refractivity (Wildman–Crippen MR) is 126 cm³/mol. The highest BCUT2D eigenvalue weighted by atomic mass is 32.2. The molecule has 32 heavy (non-hydrogen) atoms. The number of nitrogens with one attached hydrogen (secondary N) is 3. The van der Waals surface area contributed by atoms with Crippen molar-refractivity contribution < 1.29 is 17.9 Å². The van der Waals surface area contributed by atoms with E-state index < -0.39 is 10.0 Å². The van der Waals surface area contributed by atoms with Gasteiger partial charge in [-0.2, -0.15) is 0 Å². The van der Waals surface area contributed by atoms with Crippen LogP contribution in [-0.4, -0.2) is 45.6 Å². The van der Waals surface area contributed by atoms with Crippen LogP contribution in [-0.2, 0) is 14.8 Å². The first-order chi connectivity index (χ1) is 15.4. The summed E-state index contributed by atoms with van der Waals surface area (Å²) in [4.78, 5) is 17.9. The third-order valence-corrected chi connectivity index (χ3v) is 8.79. The van der Waals surface area contributed by atoms with E-state index in [1.807, 2.05) is 13.0 Å². The lowest BCUT2D eigenvalue weighted by Crippen LogP contribution is -2.42. The standard InChI is InChI=1S/C22H30N4O4S2/c1-14-20(31-22(24-14)25-21(27)15-5-3-4-6-15)16-7-8-18(30-2)19(13-16)32(28,29)26-17-9-11-23-12-10-17/h7-8,13,15,17,23,26H,3-6,9-12H2,1-2H3,(H,24,25,27). The van der Waals surface area contributed by atoms with Crippen LogP contribution in [0, 0.1) is 12.8 Å². The van der Waals surface area contributed by atoms with Gasteiger partial charge in [0.1, 0.15) is 10.6 Å². The number of amides is 1. The van der Waals surface area contributed by atoms with Crippen molar-refractivity contribution in [3.05, 3.63) is 23.9 Å². The minimum Gasteiger partial charge on any atom is -0.495 e. The number of rotatable bonds is 7. The Bertz CT molecular complexity index is 1070. The fraction of sp³-hybridized carbons (Fsp3) is 0.545. The van der Waals surface area contributed by atoms with Gasteiger partial charge in [0, 0.05) is 12.0 Å². The largest absolute Gasteiger partial charge is 0.495 e. The number of ether oxygens (including phenoxy) is 1. The lowest BCUT2D eigenvalue weighted by atomic mass is 10.1. The molecule has 1 aliphatic carbocycles. The van der Waals surface area contributed by atoms with E-state index in [-0.39, 0.29) is 22.8 Å². The topological polar surface area (TPSA) is 109 Å². The van der Waals surface area contributed by atoms with Crippen LogP contribution < -0.4 is 20.1 Å². The number of anilines is 1. The highest BCUT2D eigenvalue weighted by Gasteiger charge is 2.27. The molecule has 1 saturated carbocycles. The zero-order valence-electron chi connectivity index (χ0n) is 18.4. The molecule has 2 aromatic rings. The maximum atomic E-state index is 13.2. The number of methoxy groups -OCH3 is 1. The molecule has 0 radical (unpaired) electrons. The van der Waals surface area contributed by atoms with E-state index in [0.29, 0.717) is 10.9 Å². The van der Waals surface area contributed by atoms with Gasteiger partial charge < -0.3 is 15.4 Å². The van der Waals surface area contributed by atoms with Crippen LogP contribution in [0.4, 0.5) is 5.13 Å². The van der Waals surface area contributed by atoms with Crippen molar-refractivity contribution in [2.75, 3.05) is 25.5 Å². The number of hydrogen-bond donors (Lipinski definition) is 3. The molecule has 1 aliphatic heterocycles. The summed E-state index contributed by atoms with van der Waals surface area (Å²) >= 11 is 1.36. The number of nitrogens with zero attached hydrogens (tertiary/aromatic N) is 1. The number of aromatic nitrogens is 1. The van der Waals surface area contributed by atoms with Crippen LogP contribution in [0.2, 0.25) is 0 Å². The molecule has 1 amide bonds. The third kappa shape index (κ3) is 5.14. The second-order valence-corrected chi connectivity index (χ2v) is 11.1. The maximum Gasteiger partial charge on any atom is 0.244 e. The molecule has 174 valence electrons. The van der Waals surface area contributed by atoms with E-state index in [1.54, 1.807) is 12.1 Å². The first-order valence-corrected chi connectivity index (χ1v) is 13.4. The van der Waals surface area contributed by atoms with E-state index in [4.69, 9.17) is 4.74 Å². The Morgan fingerprint density at radius 2 is 1.91 bits per heavy atom. The Morgan fingerprint density at radius 1 is 1.19 bits per heavy atom. The van der Waals surface area contributed by atoms with Crippen LogP contribution in [0.25, 0.3) is 10.4 Å². The smallest absolute Gasteiger partial charge is 0.244 e. The van der Waals surface area contributed by atoms with Crippen LogP contribution in [0.3, 0.4) is 0 Å². The minimum absolute atomic E-state index is 0.0203. The molecule has 2 aliphatic rings. The van der Waals surface area contributed by atoms with Crippen LogP contribution >= 0.6 is 11.3 Å². The normalized spacial score (nSPS) is 18.1. The summed E-state index contributed by atoms with van der Waals surface area (Å²) in [5.41, 5.74) is 1.48. The second kappa shape index (κ2) is 9.86. The molecule has 8 nitrogen and oxygen atoms in total. The Kier molecular flexibility index (Phi) is 7.14. The van der Waals surface area contributed by atoms with Gasteiger partial charge in [-0.1, -0.05) is 24.2 Å². The molecule has 1 aromatic heterocycles. The van der Waals surface area contributed by atoms with Gasteiger partial charge in [-0.05, 0) is 69.5 Å². The van der Waals surface area contributed by atoms with Crippen LogP contribution in [0.5, 0.6) is 5.75 Å². The molecule has 0 atom stereocenters. The highest BCUT2D eigenvalue weighted by molar-refractivity contribution is 7.89. The number of hydrogen-bond acceptors (Lipinski definition) is 7. The Balaban J connectivity index is 1.59. The van der Waals surface area contributed by atoms with Gasteiger partial charge in [-0.15, -0.1) is 0 Å². The summed E-state index contributed by atoms with van der Waals surface area (Å²) in [5.74, 6) is 0.375. The number of thiazole rings is 1. The molecule has 2 heterocycles. The van der Waals surface area contributed by atoms with E-state index in [2.05, 4.69) is 20.3 Å². The average Bonchev–Trinajstić information content (AvgIpc) is 3.44. The molecule has 4 rings (SSSR count). The zero-order valence-corrected chi connectivity index (χ0v) is 20.1. The van der Waals surface area contributed by atoms with Crippen molar-refractivity contribution in [3.8, 4) is 16.2 Å². The van der Waals surface area contributed by atoms with Crippen molar-refractivity contribution >= 4 is 32.4 Å². The lowest BCUT2D eigenvalue weighted by molar-refractivity contribution is -0.119. The minimum atomic E-state index is -3.76. The molecule has 3 N–H and O–H groups in total. The lowest BCUT2D eigenvalue weighted by Gasteiger charge is -2.24. The van der Waals surface area contributed by atoms with Crippen molar-refractivity contribution in [1.82, 2.24) is 15.0 Å². The summed E-state index contributed by atoms with van der Waals surface area (Å²) in [6.45, 7) is 3.45. The summed E-state index contributed by atoms with van der Waals surface area (Å²) in [6.07, 6.45) is 5.53. The third-order valence-electron chi connectivity index (χ3n) is 6.13. The number of piperidine rings is 1. The zero-order chi connectivity index (χ0) is 22.7. The second-order valence-electron chi connectivity index (χ2n) is 8.42.